The van der Waals surface area contributed by atoms with Gasteiger partial charge in [-0.05, 0) is 29.8 Å². The standard InChI is InChI=1S/C16H17ClN4O4S/c17-13-7-2-1-6-12(13)14(21-16(18)23)9-15(22)20-10-4-3-5-11(8-10)26(19,24)25/h1-8,14H,9H2,(H,20,22)(H3,18,21,23)(H2,19,24,25)/t14-/m1/s1. The van der Waals surface area contributed by atoms with E-state index < -0.39 is 28.0 Å². The van der Waals surface area contributed by atoms with Crippen molar-refractivity contribution in [3.8, 4) is 0 Å². The van der Waals surface area contributed by atoms with Crippen molar-refractivity contribution >= 4 is 39.2 Å². The maximum atomic E-state index is 12.3. The third kappa shape index (κ3) is 5.45. The Labute approximate surface area is 155 Å². The lowest BCUT2D eigenvalue weighted by atomic mass is 10.0. The van der Waals surface area contributed by atoms with Crippen LogP contribution in [0.1, 0.15) is 18.0 Å². The fraction of sp³-hybridized carbons (Fsp3) is 0.125. The maximum Gasteiger partial charge on any atom is 0.312 e. The van der Waals surface area contributed by atoms with E-state index in [0.29, 0.717) is 10.6 Å². The molecule has 0 saturated heterocycles. The lowest BCUT2D eigenvalue weighted by Gasteiger charge is -2.19. The zero-order chi connectivity index (χ0) is 19.3. The van der Waals surface area contributed by atoms with Crippen LogP contribution in [0.2, 0.25) is 5.02 Å². The van der Waals surface area contributed by atoms with E-state index >= 15 is 0 Å². The molecule has 6 N–H and O–H groups in total. The third-order valence-corrected chi connectivity index (χ3v) is 4.69. The zero-order valence-electron chi connectivity index (χ0n) is 13.5. The number of rotatable bonds is 6. The van der Waals surface area contributed by atoms with Gasteiger partial charge in [-0.1, -0.05) is 35.9 Å². The Balaban J connectivity index is 2.18. The molecule has 0 unspecified atom stereocenters. The van der Waals surface area contributed by atoms with Gasteiger partial charge < -0.3 is 16.4 Å². The molecule has 2 aromatic carbocycles. The molecule has 0 fully saturated rings. The molecule has 0 radical (unpaired) electrons. The van der Waals surface area contributed by atoms with Crippen LogP contribution in [-0.4, -0.2) is 20.4 Å². The van der Waals surface area contributed by atoms with E-state index in [1.165, 1.54) is 24.3 Å². The average Bonchev–Trinajstić information content (AvgIpc) is 2.53. The summed E-state index contributed by atoms with van der Waals surface area (Å²) in [5.41, 5.74) is 5.95. The second-order valence-corrected chi connectivity index (χ2v) is 7.38. The number of primary amides is 1. The first-order valence-electron chi connectivity index (χ1n) is 7.40. The van der Waals surface area contributed by atoms with Gasteiger partial charge in [0.25, 0.3) is 0 Å². The van der Waals surface area contributed by atoms with Gasteiger partial charge in [0.2, 0.25) is 15.9 Å². The molecular formula is C16H17ClN4O4S. The van der Waals surface area contributed by atoms with Crippen LogP contribution in [0.4, 0.5) is 10.5 Å². The fourth-order valence-corrected chi connectivity index (χ4v) is 3.14. The molecule has 0 bridgehead atoms. The lowest BCUT2D eigenvalue weighted by Crippen LogP contribution is -2.35. The van der Waals surface area contributed by atoms with Crippen molar-refractivity contribution in [1.29, 1.82) is 0 Å². The second kappa shape index (κ2) is 8.17. The number of anilines is 1. The number of halogens is 1. The molecule has 138 valence electrons. The Morgan fingerprint density at radius 1 is 1.12 bits per heavy atom. The van der Waals surface area contributed by atoms with Crippen molar-refractivity contribution in [2.45, 2.75) is 17.4 Å². The molecule has 0 aliphatic rings. The summed E-state index contributed by atoms with van der Waals surface area (Å²) >= 11 is 6.11. The minimum atomic E-state index is -3.89. The molecule has 0 aliphatic carbocycles. The molecule has 0 heterocycles. The van der Waals surface area contributed by atoms with Gasteiger partial charge in [-0.2, -0.15) is 0 Å². The predicted octanol–water partition coefficient (Wildman–Crippen LogP) is 1.73. The van der Waals surface area contributed by atoms with Crippen LogP contribution in [0, 0.1) is 0 Å². The van der Waals surface area contributed by atoms with Gasteiger partial charge in [0.1, 0.15) is 0 Å². The molecule has 1 atom stereocenters. The number of benzene rings is 2. The van der Waals surface area contributed by atoms with Gasteiger partial charge in [-0.15, -0.1) is 0 Å². The van der Waals surface area contributed by atoms with Gasteiger partial charge in [0.15, 0.2) is 0 Å². The summed E-state index contributed by atoms with van der Waals surface area (Å²) in [7, 11) is -3.89. The Morgan fingerprint density at radius 3 is 2.42 bits per heavy atom. The third-order valence-electron chi connectivity index (χ3n) is 3.43. The van der Waals surface area contributed by atoms with Crippen LogP contribution in [-0.2, 0) is 14.8 Å². The highest BCUT2D eigenvalue weighted by atomic mass is 35.5. The molecule has 8 nitrogen and oxygen atoms in total. The summed E-state index contributed by atoms with van der Waals surface area (Å²) in [4.78, 5) is 23.4. The maximum absolute atomic E-state index is 12.3. The summed E-state index contributed by atoms with van der Waals surface area (Å²) in [5.74, 6) is -0.477. The number of amides is 3. The van der Waals surface area contributed by atoms with E-state index in [-0.39, 0.29) is 17.0 Å². The molecule has 0 aliphatic heterocycles. The van der Waals surface area contributed by atoms with Crippen molar-refractivity contribution in [2.75, 3.05) is 5.32 Å². The second-order valence-electron chi connectivity index (χ2n) is 5.41. The van der Waals surface area contributed by atoms with E-state index in [0.717, 1.165) is 0 Å². The Bertz CT molecular complexity index is 933. The van der Waals surface area contributed by atoms with E-state index in [1.807, 2.05) is 0 Å². The van der Waals surface area contributed by atoms with Crippen molar-refractivity contribution in [1.82, 2.24) is 5.32 Å². The number of nitrogens with one attached hydrogen (secondary N) is 2. The zero-order valence-corrected chi connectivity index (χ0v) is 15.0. The number of urea groups is 1. The van der Waals surface area contributed by atoms with Crippen LogP contribution in [0.25, 0.3) is 0 Å². The number of hydrogen-bond acceptors (Lipinski definition) is 4. The van der Waals surface area contributed by atoms with E-state index in [2.05, 4.69) is 10.6 Å². The minimum Gasteiger partial charge on any atom is -0.352 e. The van der Waals surface area contributed by atoms with E-state index in [1.54, 1.807) is 24.3 Å². The number of sulfonamides is 1. The molecule has 2 aromatic rings. The topological polar surface area (TPSA) is 144 Å². The fourth-order valence-electron chi connectivity index (χ4n) is 2.32. The molecule has 0 aromatic heterocycles. The highest BCUT2D eigenvalue weighted by molar-refractivity contribution is 7.89. The van der Waals surface area contributed by atoms with E-state index in [9.17, 15) is 18.0 Å². The van der Waals surface area contributed by atoms with Crippen LogP contribution >= 0.6 is 11.6 Å². The molecular weight excluding hydrogens is 380 g/mol. The van der Waals surface area contributed by atoms with Gasteiger partial charge in [-0.3, -0.25) is 4.79 Å². The normalized spacial score (nSPS) is 12.2. The van der Waals surface area contributed by atoms with E-state index in [4.69, 9.17) is 22.5 Å². The highest BCUT2D eigenvalue weighted by Gasteiger charge is 2.20. The minimum absolute atomic E-state index is 0.131. The number of hydrogen-bond donors (Lipinski definition) is 4. The number of carbonyl (C=O) groups is 2. The Morgan fingerprint density at radius 2 is 1.81 bits per heavy atom. The molecule has 2 rings (SSSR count). The smallest absolute Gasteiger partial charge is 0.312 e. The van der Waals surface area contributed by atoms with Crippen LogP contribution < -0.4 is 21.5 Å². The highest BCUT2D eigenvalue weighted by Crippen LogP contribution is 2.25. The SMILES string of the molecule is NC(=O)N[C@H](CC(=O)Nc1cccc(S(N)(=O)=O)c1)c1ccccc1Cl. The summed E-state index contributed by atoms with van der Waals surface area (Å²) in [6.45, 7) is 0. The first-order valence-corrected chi connectivity index (χ1v) is 9.32. The summed E-state index contributed by atoms with van der Waals surface area (Å²) in [6, 6.07) is 10.7. The first-order chi connectivity index (χ1) is 12.2. The van der Waals surface area contributed by atoms with Crippen molar-refractivity contribution in [2.24, 2.45) is 10.9 Å². The van der Waals surface area contributed by atoms with Gasteiger partial charge >= 0.3 is 6.03 Å². The number of primary sulfonamides is 1. The molecule has 0 spiro atoms. The van der Waals surface area contributed by atoms with Crippen LogP contribution in [0.5, 0.6) is 0 Å². The molecule has 3 amide bonds. The average molecular weight is 397 g/mol. The lowest BCUT2D eigenvalue weighted by molar-refractivity contribution is -0.116. The van der Waals surface area contributed by atoms with Crippen LogP contribution in [0.15, 0.2) is 53.4 Å². The van der Waals surface area contributed by atoms with Crippen molar-refractivity contribution in [3.63, 3.8) is 0 Å². The van der Waals surface area contributed by atoms with Crippen molar-refractivity contribution < 1.29 is 18.0 Å². The number of nitrogens with two attached hydrogens (primary N) is 2. The first kappa shape index (κ1) is 19.7. The molecule has 26 heavy (non-hydrogen) atoms. The predicted molar refractivity (Wildman–Crippen MR) is 98.0 cm³/mol. The molecule has 10 heteroatoms. The molecule has 0 saturated carbocycles. The van der Waals surface area contributed by atoms with Gasteiger partial charge in [0.05, 0.1) is 17.4 Å². The monoisotopic (exact) mass is 396 g/mol. The van der Waals surface area contributed by atoms with Crippen molar-refractivity contribution in [3.05, 3.63) is 59.1 Å². The number of carbonyl (C=O) groups excluding carboxylic acids is 2. The summed E-state index contributed by atoms with van der Waals surface area (Å²) < 4.78 is 22.8. The quantitative estimate of drug-likeness (QED) is 0.589. The summed E-state index contributed by atoms with van der Waals surface area (Å²) in [6.07, 6.45) is -0.160. The largest absolute Gasteiger partial charge is 0.352 e. The Kier molecular flexibility index (Phi) is 6.19. The van der Waals surface area contributed by atoms with Gasteiger partial charge in [-0.25, -0.2) is 18.4 Å². The Hall–Kier alpha value is -2.62. The van der Waals surface area contributed by atoms with Crippen LogP contribution in [0.3, 0.4) is 0 Å². The van der Waals surface area contributed by atoms with Gasteiger partial charge in [0, 0.05) is 10.7 Å². The summed E-state index contributed by atoms with van der Waals surface area (Å²) in [5, 5.41) is 10.5.